The number of piperidine rings is 1. The Kier molecular flexibility index (Phi) is 5.94. The van der Waals surface area contributed by atoms with E-state index in [1.165, 1.54) is 19.3 Å². The van der Waals surface area contributed by atoms with E-state index in [4.69, 9.17) is 11.6 Å². The first kappa shape index (κ1) is 16.6. The number of hydrogen-bond donors (Lipinski definition) is 0. The van der Waals surface area contributed by atoms with Gasteiger partial charge in [0.25, 0.3) is 0 Å². The predicted molar refractivity (Wildman–Crippen MR) is 89.1 cm³/mol. The Balaban J connectivity index is 2.17. The topological polar surface area (TPSA) is 37.4 Å². The van der Waals surface area contributed by atoms with Crippen LogP contribution in [-0.2, 0) is 9.84 Å². The molecule has 0 amide bonds. The van der Waals surface area contributed by atoms with Crippen molar-refractivity contribution in [3.63, 3.8) is 0 Å². The van der Waals surface area contributed by atoms with Gasteiger partial charge in [-0.1, -0.05) is 6.92 Å². The minimum atomic E-state index is -3.12. The molecule has 118 valence electrons. The lowest BCUT2D eigenvalue weighted by Crippen LogP contribution is -2.39. The molecule has 3 nitrogen and oxygen atoms in total. The Bertz CT molecular complexity index is 540. The summed E-state index contributed by atoms with van der Waals surface area (Å²) in [7, 11) is -3.12. The highest BCUT2D eigenvalue weighted by atomic mass is 35.5. The van der Waals surface area contributed by atoms with Crippen molar-refractivity contribution in [2.75, 3.05) is 23.1 Å². The summed E-state index contributed by atoms with van der Waals surface area (Å²) in [5.74, 6) is 0.884. The summed E-state index contributed by atoms with van der Waals surface area (Å²) in [6.07, 6.45) is 5.24. The molecule has 0 aliphatic carbocycles. The molecule has 0 radical (unpaired) electrons. The van der Waals surface area contributed by atoms with E-state index in [1.807, 2.05) is 19.1 Å². The fourth-order valence-corrected chi connectivity index (χ4v) is 4.57. The van der Waals surface area contributed by atoms with Gasteiger partial charge in [-0.25, -0.2) is 8.42 Å². The molecule has 1 aromatic rings. The van der Waals surface area contributed by atoms with Crippen molar-refractivity contribution in [2.24, 2.45) is 0 Å². The smallest absolute Gasteiger partial charge is 0.178 e. The van der Waals surface area contributed by atoms with Crippen LogP contribution < -0.4 is 4.90 Å². The van der Waals surface area contributed by atoms with Crippen LogP contribution in [0.25, 0.3) is 0 Å². The minimum Gasteiger partial charge on any atom is -0.369 e. The minimum absolute atomic E-state index is 0.213. The maximum atomic E-state index is 12.1. The summed E-state index contributed by atoms with van der Waals surface area (Å²) in [6.45, 7) is 2.92. The maximum Gasteiger partial charge on any atom is 0.178 e. The van der Waals surface area contributed by atoms with Crippen LogP contribution in [0.2, 0.25) is 0 Å². The molecule has 0 bridgehead atoms. The van der Waals surface area contributed by atoms with Gasteiger partial charge in [0.2, 0.25) is 0 Å². The second kappa shape index (κ2) is 7.50. The molecule has 21 heavy (non-hydrogen) atoms. The van der Waals surface area contributed by atoms with Crippen LogP contribution in [0.1, 0.15) is 39.0 Å². The summed E-state index contributed by atoms with van der Waals surface area (Å²) in [4.78, 5) is 2.81. The highest BCUT2D eigenvalue weighted by molar-refractivity contribution is 7.91. The average Bonchev–Trinajstić information content (AvgIpc) is 2.48. The Labute approximate surface area is 133 Å². The molecular weight excluding hydrogens is 306 g/mol. The first-order valence-electron chi connectivity index (χ1n) is 7.74. The third-order valence-corrected chi connectivity index (χ3v) is 6.22. The van der Waals surface area contributed by atoms with E-state index in [2.05, 4.69) is 4.90 Å². The third-order valence-electron chi connectivity index (χ3n) is 4.07. The lowest BCUT2D eigenvalue weighted by molar-refractivity contribution is 0.451. The number of anilines is 1. The molecule has 1 unspecified atom stereocenters. The lowest BCUT2D eigenvalue weighted by atomic mass is 9.99. The van der Waals surface area contributed by atoms with Crippen molar-refractivity contribution >= 4 is 27.1 Å². The molecular formula is C16H24ClNO2S. The number of alkyl halides is 1. The molecule has 1 aromatic carbocycles. The van der Waals surface area contributed by atoms with E-state index in [-0.39, 0.29) is 5.75 Å². The Morgan fingerprint density at radius 1 is 1.24 bits per heavy atom. The van der Waals surface area contributed by atoms with Crippen molar-refractivity contribution in [3.05, 3.63) is 24.3 Å². The fourth-order valence-electron chi connectivity index (χ4n) is 3.00. The van der Waals surface area contributed by atoms with Gasteiger partial charge >= 0.3 is 0 Å². The second-order valence-corrected chi connectivity index (χ2v) is 8.12. The Hall–Kier alpha value is -0.740. The molecule has 0 saturated carbocycles. The van der Waals surface area contributed by atoms with Crippen LogP contribution in [0.4, 0.5) is 5.69 Å². The van der Waals surface area contributed by atoms with Crippen molar-refractivity contribution in [2.45, 2.75) is 50.0 Å². The standard InChI is InChI=1S/C16H24ClNO2S/c1-2-13-21(19,20)16-8-6-15(7-9-16)18-12-4-3-5-14(18)10-11-17/h6-9,14H,2-5,10-13H2,1H3. The van der Waals surface area contributed by atoms with Gasteiger partial charge in [-0.15, -0.1) is 11.6 Å². The number of nitrogens with zero attached hydrogens (tertiary/aromatic N) is 1. The van der Waals surface area contributed by atoms with Crippen molar-refractivity contribution < 1.29 is 8.42 Å². The zero-order chi connectivity index (χ0) is 15.3. The highest BCUT2D eigenvalue weighted by Gasteiger charge is 2.22. The first-order chi connectivity index (χ1) is 10.1. The molecule has 1 aliphatic heterocycles. The maximum absolute atomic E-state index is 12.1. The zero-order valence-corrected chi connectivity index (χ0v) is 14.2. The lowest BCUT2D eigenvalue weighted by Gasteiger charge is -2.37. The van der Waals surface area contributed by atoms with Crippen LogP contribution in [-0.4, -0.2) is 32.6 Å². The molecule has 1 fully saturated rings. The number of rotatable bonds is 6. The summed E-state index contributed by atoms with van der Waals surface area (Å²) < 4.78 is 24.1. The van der Waals surface area contributed by atoms with E-state index >= 15 is 0 Å². The van der Waals surface area contributed by atoms with Gasteiger partial charge in [-0.2, -0.15) is 0 Å². The molecule has 1 aliphatic rings. The fraction of sp³-hybridized carbons (Fsp3) is 0.625. The average molecular weight is 330 g/mol. The van der Waals surface area contributed by atoms with Crippen LogP contribution >= 0.6 is 11.6 Å². The predicted octanol–water partition coefficient (Wildman–Crippen LogP) is 3.86. The van der Waals surface area contributed by atoms with E-state index in [0.29, 0.717) is 23.2 Å². The normalized spacial score (nSPS) is 19.7. The number of sulfone groups is 1. The molecule has 1 heterocycles. The second-order valence-electron chi connectivity index (χ2n) is 5.63. The number of hydrogen-bond acceptors (Lipinski definition) is 3. The largest absolute Gasteiger partial charge is 0.369 e. The quantitative estimate of drug-likeness (QED) is 0.744. The van der Waals surface area contributed by atoms with E-state index in [1.54, 1.807) is 12.1 Å². The summed E-state index contributed by atoms with van der Waals surface area (Å²) in [5.41, 5.74) is 1.11. The van der Waals surface area contributed by atoms with Crippen LogP contribution in [0.3, 0.4) is 0 Å². The zero-order valence-electron chi connectivity index (χ0n) is 12.6. The van der Waals surface area contributed by atoms with Gasteiger partial charge in [0.05, 0.1) is 10.6 Å². The molecule has 5 heteroatoms. The summed E-state index contributed by atoms with van der Waals surface area (Å²) >= 11 is 5.90. The highest BCUT2D eigenvalue weighted by Crippen LogP contribution is 2.28. The van der Waals surface area contributed by atoms with Gasteiger partial charge in [-0.3, -0.25) is 0 Å². The first-order valence-corrected chi connectivity index (χ1v) is 9.92. The van der Waals surface area contributed by atoms with Crippen LogP contribution in [0.15, 0.2) is 29.2 Å². The number of halogens is 1. The Morgan fingerprint density at radius 2 is 1.95 bits per heavy atom. The monoisotopic (exact) mass is 329 g/mol. The summed E-state index contributed by atoms with van der Waals surface area (Å²) in [6, 6.07) is 7.85. The van der Waals surface area contributed by atoms with E-state index in [0.717, 1.165) is 18.7 Å². The van der Waals surface area contributed by atoms with Gasteiger partial charge in [-0.05, 0) is 56.4 Å². The van der Waals surface area contributed by atoms with Crippen molar-refractivity contribution in [1.29, 1.82) is 0 Å². The third kappa shape index (κ3) is 4.13. The van der Waals surface area contributed by atoms with Crippen molar-refractivity contribution in [3.8, 4) is 0 Å². The molecule has 1 saturated heterocycles. The van der Waals surface area contributed by atoms with E-state index in [9.17, 15) is 8.42 Å². The SMILES string of the molecule is CCCS(=O)(=O)c1ccc(N2CCCCC2CCCl)cc1. The molecule has 0 N–H and O–H groups in total. The van der Waals surface area contributed by atoms with Crippen LogP contribution in [0.5, 0.6) is 0 Å². The Morgan fingerprint density at radius 3 is 2.57 bits per heavy atom. The molecule has 2 rings (SSSR count). The van der Waals surface area contributed by atoms with Gasteiger partial charge in [0.15, 0.2) is 9.84 Å². The molecule has 1 atom stereocenters. The van der Waals surface area contributed by atoms with Gasteiger partial charge < -0.3 is 4.90 Å². The number of benzene rings is 1. The van der Waals surface area contributed by atoms with Crippen LogP contribution in [0, 0.1) is 0 Å². The van der Waals surface area contributed by atoms with Gasteiger partial charge in [0, 0.05) is 24.2 Å². The molecule has 0 spiro atoms. The summed E-state index contributed by atoms with van der Waals surface area (Å²) in [5, 5.41) is 0. The van der Waals surface area contributed by atoms with Crippen molar-refractivity contribution in [1.82, 2.24) is 0 Å². The molecule has 0 aromatic heterocycles. The van der Waals surface area contributed by atoms with Gasteiger partial charge in [0.1, 0.15) is 0 Å². The van der Waals surface area contributed by atoms with E-state index < -0.39 is 9.84 Å².